The first-order valence-electron chi connectivity index (χ1n) is 5.31. The van der Waals surface area contributed by atoms with Crippen LogP contribution in [0.5, 0.6) is 0 Å². The van der Waals surface area contributed by atoms with Gasteiger partial charge in [0, 0.05) is 12.1 Å². The zero-order valence-corrected chi connectivity index (χ0v) is 9.94. The molecule has 2 aromatic rings. The van der Waals surface area contributed by atoms with Crippen molar-refractivity contribution in [2.45, 2.75) is 6.92 Å². The molecule has 0 bridgehead atoms. The SMILES string of the molecule is CC(=O)C(=Cc1cccc([N+](=O)[O-])c1)c1nnco1. The average Bonchev–Trinajstić information content (AvgIpc) is 2.89. The molecule has 0 saturated carbocycles. The van der Waals surface area contributed by atoms with Crippen LogP contribution >= 0.6 is 0 Å². The number of carbonyl (C=O) groups is 1. The zero-order chi connectivity index (χ0) is 13.8. The van der Waals surface area contributed by atoms with E-state index in [4.69, 9.17) is 4.42 Å². The number of nitro benzene ring substituents is 1. The van der Waals surface area contributed by atoms with Crippen molar-refractivity contribution in [2.75, 3.05) is 0 Å². The minimum atomic E-state index is -0.503. The van der Waals surface area contributed by atoms with Gasteiger partial charge in [-0.3, -0.25) is 14.9 Å². The summed E-state index contributed by atoms with van der Waals surface area (Å²) in [5, 5.41) is 17.8. The number of allylic oxidation sites excluding steroid dienone is 1. The average molecular weight is 259 g/mol. The van der Waals surface area contributed by atoms with Crippen LogP contribution in [0.25, 0.3) is 11.6 Å². The van der Waals surface area contributed by atoms with Gasteiger partial charge in [0.25, 0.3) is 11.6 Å². The van der Waals surface area contributed by atoms with E-state index in [1.807, 2.05) is 0 Å². The van der Waals surface area contributed by atoms with E-state index in [0.29, 0.717) is 5.56 Å². The van der Waals surface area contributed by atoms with Gasteiger partial charge in [-0.2, -0.15) is 0 Å². The number of rotatable bonds is 4. The van der Waals surface area contributed by atoms with Crippen molar-refractivity contribution in [3.8, 4) is 0 Å². The van der Waals surface area contributed by atoms with Gasteiger partial charge in [0.1, 0.15) is 0 Å². The maximum Gasteiger partial charge on any atom is 0.270 e. The van der Waals surface area contributed by atoms with E-state index in [0.717, 1.165) is 6.39 Å². The standard InChI is InChI=1S/C12H9N3O4/c1-8(16)11(12-14-13-7-19-12)6-9-3-2-4-10(5-9)15(17)18/h2-7H,1H3. The molecule has 7 nitrogen and oxygen atoms in total. The van der Waals surface area contributed by atoms with E-state index in [2.05, 4.69) is 10.2 Å². The summed E-state index contributed by atoms with van der Waals surface area (Å²) >= 11 is 0. The first-order valence-corrected chi connectivity index (χ1v) is 5.31. The Labute approximate surface area is 107 Å². The molecule has 1 aromatic heterocycles. The molecule has 2 rings (SSSR count). The Balaban J connectivity index is 2.45. The Bertz CT molecular complexity index is 647. The molecule has 0 aliphatic heterocycles. The maximum absolute atomic E-state index is 11.5. The van der Waals surface area contributed by atoms with E-state index in [9.17, 15) is 14.9 Å². The Morgan fingerprint density at radius 2 is 2.26 bits per heavy atom. The predicted octanol–water partition coefficient (Wildman–Crippen LogP) is 2.11. The Hall–Kier alpha value is -2.83. The first kappa shape index (κ1) is 12.6. The highest BCUT2D eigenvalue weighted by Gasteiger charge is 2.13. The molecule has 0 amide bonds. The summed E-state index contributed by atoms with van der Waals surface area (Å²) in [5.41, 5.74) is 0.665. The molecule has 96 valence electrons. The second kappa shape index (κ2) is 5.21. The summed E-state index contributed by atoms with van der Waals surface area (Å²) in [4.78, 5) is 21.7. The van der Waals surface area contributed by atoms with E-state index >= 15 is 0 Å². The van der Waals surface area contributed by atoms with Gasteiger partial charge >= 0.3 is 0 Å². The van der Waals surface area contributed by atoms with Crippen LogP contribution in [-0.2, 0) is 4.79 Å². The van der Waals surface area contributed by atoms with Gasteiger partial charge in [-0.15, -0.1) is 10.2 Å². The second-order valence-electron chi connectivity index (χ2n) is 3.71. The number of aromatic nitrogens is 2. The van der Waals surface area contributed by atoms with Crippen LogP contribution in [0, 0.1) is 10.1 Å². The van der Waals surface area contributed by atoms with Gasteiger partial charge in [0.2, 0.25) is 6.39 Å². The van der Waals surface area contributed by atoms with Gasteiger partial charge in [-0.05, 0) is 18.6 Å². The predicted molar refractivity (Wildman–Crippen MR) is 65.9 cm³/mol. The molecule has 0 unspecified atom stereocenters. The Morgan fingerprint density at radius 3 is 2.84 bits per heavy atom. The zero-order valence-electron chi connectivity index (χ0n) is 9.94. The molecule has 0 radical (unpaired) electrons. The Morgan fingerprint density at radius 1 is 1.47 bits per heavy atom. The third-order valence-corrected chi connectivity index (χ3v) is 2.36. The number of carbonyl (C=O) groups excluding carboxylic acids is 1. The molecule has 0 aliphatic rings. The third-order valence-electron chi connectivity index (χ3n) is 2.36. The van der Waals surface area contributed by atoms with Gasteiger partial charge in [0.15, 0.2) is 5.78 Å². The molecule has 0 saturated heterocycles. The molecule has 0 aliphatic carbocycles. The second-order valence-corrected chi connectivity index (χ2v) is 3.71. The van der Waals surface area contributed by atoms with Gasteiger partial charge in [-0.25, -0.2) is 0 Å². The summed E-state index contributed by atoms with van der Waals surface area (Å²) in [7, 11) is 0. The molecule has 0 spiro atoms. The van der Waals surface area contributed by atoms with Crippen molar-refractivity contribution < 1.29 is 14.1 Å². The summed E-state index contributed by atoms with van der Waals surface area (Å²) < 4.78 is 4.96. The van der Waals surface area contributed by atoms with E-state index < -0.39 is 4.92 Å². The van der Waals surface area contributed by atoms with E-state index in [1.54, 1.807) is 6.07 Å². The summed E-state index contributed by atoms with van der Waals surface area (Å²) in [6.07, 6.45) is 2.59. The molecular weight excluding hydrogens is 250 g/mol. The molecular formula is C12H9N3O4. The number of Topliss-reactive ketones (excluding diaryl/α,β-unsaturated/α-hetero) is 1. The highest BCUT2D eigenvalue weighted by atomic mass is 16.6. The molecule has 19 heavy (non-hydrogen) atoms. The quantitative estimate of drug-likeness (QED) is 0.473. The molecule has 7 heteroatoms. The van der Waals surface area contributed by atoms with Crippen molar-refractivity contribution in [1.29, 1.82) is 0 Å². The van der Waals surface area contributed by atoms with Crippen LogP contribution in [0.1, 0.15) is 18.4 Å². The van der Waals surface area contributed by atoms with Crippen LogP contribution in [0.4, 0.5) is 5.69 Å². The summed E-state index contributed by atoms with van der Waals surface area (Å²) in [6, 6.07) is 5.92. The minimum absolute atomic E-state index is 0.0535. The largest absolute Gasteiger partial charge is 0.423 e. The van der Waals surface area contributed by atoms with Gasteiger partial charge < -0.3 is 4.42 Å². The van der Waals surface area contributed by atoms with Crippen LogP contribution < -0.4 is 0 Å². The smallest absolute Gasteiger partial charge is 0.270 e. The molecule has 1 heterocycles. The number of hydrogen-bond donors (Lipinski definition) is 0. The number of non-ortho nitro benzene ring substituents is 1. The van der Waals surface area contributed by atoms with E-state index in [1.165, 1.54) is 31.2 Å². The topological polar surface area (TPSA) is 99.1 Å². The lowest BCUT2D eigenvalue weighted by Crippen LogP contribution is -1.97. The minimum Gasteiger partial charge on any atom is -0.423 e. The fraction of sp³-hybridized carbons (Fsp3) is 0.0833. The van der Waals surface area contributed by atoms with Crippen LogP contribution in [0.15, 0.2) is 35.1 Å². The number of nitrogens with zero attached hydrogens (tertiary/aromatic N) is 3. The highest BCUT2D eigenvalue weighted by molar-refractivity contribution is 6.22. The normalized spacial score (nSPS) is 11.3. The van der Waals surface area contributed by atoms with Crippen molar-refractivity contribution in [3.05, 3.63) is 52.2 Å². The number of benzene rings is 1. The molecule has 0 N–H and O–H groups in total. The Kier molecular flexibility index (Phi) is 3.46. The summed E-state index contributed by atoms with van der Waals surface area (Å²) in [5.74, 6) is -0.185. The van der Waals surface area contributed by atoms with Crippen LogP contribution in [0.3, 0.4) is 0 Å². The lowest BCUT2D eigenvalue weighted by Gasteiger charge is -1.99. The van der Waals surface area contributed by atoms with Crippen molar-refractivity contribution in [2.24, 2.45) is 0 Å². The number of nitro groups is 1. The van der Waals surface area contributed by atoms with E-state index in [-0.39, 0.29) is 22.9 Å². The maximum atomic E-state index is 11.5. The lowest BCUT2D eigenvalue weighted by molar-refractivity contribution is -0.384. The van der Waals surface area contributed by atoms with Gasteiger partial charge in [0.05, 0.1) is 10.5 Å². The summed E-state index contributed by atoms with van der Waals surface area (Å²) in [6.45, 7) is 1.35. The van der Waals surface area contributed by atoms with Gasteiger partial charge in [-0.1, -0.05) is 12.1 Å². The lowest BCUT2D eigenvalue weighted by atomic mass is 10.1. The molecule has 0 atom stereocenters. The molecule has 1 aromatic carbocycles. The third kappa shape index (κ3) is 2.89. The highest BCUT2D eigenvalue weighted by Crippen LogP contribution is 2.20. The van der Waals surface area contributed by atoms with Crippen molar-refractivity contribution in [3.63, 3.8) is 0 Å². The fourth-order valence-corrected chi connectivity index (χ4v) is 1.50. The number of hydrogen-bond acceptors (Lipinski definition) is 6. The first-order chi connectivity index (χ1) is 9.08. The monoisotopic (exact) mass is 259 g/mol. The number of ketones is 1. The molecule has 0 fully saturated rings. The van der Waals surface area contributed by atoms with Crippen molar-refractivity contribution >= 4 is 23.1 Å². The van der Waals surface area contributed by atoms with Crippen LogP contribution in [-0.4, -0.2) is 20.9 Å². The van der Waals surface area contributed by atoms with Crippen molar-refractivity contribution in [1.82, 2.24) is 10.2 Å². The van der Waals surface area contributed by atoms with Crippen LogP contribution in [0.2, 0.25) is 0 Å². The fourth-order valence-electron chi connectivity index (χ4n) is 1.50.